The first-order valence-electron chi connectivity index (χ1n) is 8.12. The van der Waals surface area contributed by atoms with Gasteiger partial charge in [-0.25, -0.2) is 0 Å². The van der Waals surface area contributed by atoms with Crippen LogP contribution >= 0.6 is 0 Å². The molecule has 1 amide bonds. The first-order chi connectivity index (χ1) is 10.8. The quantitative estimate of drug-likeness (QED) is 0.733. The number of rotatable bonds is 8. The van der Waals surface area contributed by atoms with Crippen LogP contribution in [0.25, 0.3) is 0 Å². The van der Waals surface area contributed by atoms with Crippen LogP contribution in [-0.2, 0) is 4.79 Å². The average Bonchev–Trinajstić information content (AvgIpc) is 2.56. The fraction of sp³-hybridized carbons (Fsp3) is 0.588. The summed E-state index contributed by atoms with van der Waals surface area (Å²) in [7, 11) is 1.92. The van der Waals surface area contributed by atoms with E-state index >= 15 is 0 Å². The number of para-hydroxylation sites is 1. The van der Waals surface area contributed by atoms with Crippen LogP contribution in [0.3, 0.4) is 0 Å². The number of nitrogens with one attached hydrogen (secondary N) is 1. The highest BCUT2D eigenvalue weighted by Crippen LogP contribution is 2.09. The van der Waals surface area contributed by atoms with Crippen molar-refractivity contribution in [3.8, 4) is 5.75 Å². The highest BCUT2D eigenvalue weighted by atomic mass is 16.5. The second-order valence-electron chi connectivity index (χ2n) is 5.59. The zero-order chi connectivity index (χ0) is 15.6. The van der Waals surface area contributed by atoms with Gasteiger partial charge in [0.25, 0.3) is 0 Å². The van der Waals surface area contributed by atoms with Crippen LogP contribution in [0.4, 0.5) is 0 Å². The Labute approximate surface area is 133 Å². The summed E-state index contributed by atoms with van der Waals surface area (Å²) in [4.78, 5) is 16.4. The zero-order valence-corrected chi connectivity index (χ0v) is 13.5. The summed E-state index contributed by atoms with van der Waals surface area (Å²) >= 11 is 0. The topological polar surface area (TPSA) is 44.8 Å². The lowest BCUT2D eigenvalue weighted by Gasteiger charge is -2.34. The Hall–Kier alpha value is -1.59. The fourth-order valence-electron chi connectivity index (χ4n) is 2.60. The number of hydrogen-bond donors (Lipinski definition) is 1. The number of benzene rings is 1. The molecule has 0 spiro atoms. The Kier molecular flexibility index (Phi) is 7.19. The van der Waals surface area contributed by atoms with E-state index in [0.717, 1.165) is 51.4 Å². The molecule has 122 valence electrons. The van der Waals surface area contributed by atoms with Crippen LogP contribution in [0.5, 0.6) is 5.75 Å². The second-order valence-corrected chi connectivity index (χ2v) is 5.59. The summed E-state index contributed by atoms with van der Waals surface area (Å²) in [5.74, 6) is 1.20. The molecule has 1 aliphatic rings. The molecule has 0 radical (unpaired) electrons. The Morgan fingerprint density at radius 1 is 1.18 bits per heavy atom. The summed E-state index contributed by atoms with van der Waals surface area (Å²) in [5.41, 5.74) is 0. The summed E-state index contributed by atoms with van der Waals surface area (Å²) in [5, 5.41) is 3.08. The monoisotopic (exact) mass is 305 g/mol. The summed E-state index contributed by atoms with van der Waals surface area (Å²) in [6, 6.07) is 9.89. The fourth-order valence-corrected chi connectivity index (χ4v) is 2.60. The van der Waals surface area contributed by atoms with E-state index in [1.807, 2.05) is 42.3 Å². The smallest absolute Gasteiger partial charge is 0.222 e. The van der Waals surface area contributed by atoms with Crippen molar-refractivity contribution < 1.29 is 9.53 Å². The molecule has 0 aromatic heterocycles. The molecule has 1 N–H and O–H groups in total. The van der Waals surface area contributed by atoms with Crippen molar-refractivity contribution in [2.45, 2.75) is 12.8 Å². The highest BCUT2D eigenvalue weighted by molar-refractivity contribution is 5.76. The van der Waals surface area contributed by atoms with E-state index in [9.17, 15) is 4.79 Å². The molecule has 5 heteroatoms. The van der Waals surface area contributed by atoms with Gasteiger partial charge in [0, 0.05) is 39.1 Å². The van der Waals surface area contributed by atoms with Crippen molar-refractivity contribution in [1.29, 1.82) is 0 Å². The van der Waals surface area contributed by atoms with E-state index in [0.29, 0.717) is 13.0 Å². The van der Waals surface area contributed by atoms with Crippen LogP contribution < -0.4 is 10.1 Å². The third-order valence-corrected chi connectivity index (χ3v) is 3.96. The van der Waals surface area contributed by atoms with Gasteiger partial charge in [0.15, 0.2) is 0 Å². The Morgan fingerprint density at radius 3 is 2.59 bits per heavy atom. The van der Waals surface area contributed by atoms with Crippen molar-refractivity contribution in [3.63, 3.8) is 0 Å². The number of hydrogen-bond acceptors (Lipinski definition) is 4. The molecule has 2 rings (SSSR count). The lowest BCUT2D eigenvalue weighted by Crippen LogP contribution is -2.49. The second kappa shape index (κ2) is 9.43. The van der Waals surface area contributed by atoms with Gasteiger partial charge in [-0.2, -0.15) is 0 Å². The van der Waals surface area contributed by atoms with Gasteiger partial charge >= 0.3 is 0 Å². The van der Waals surface area contributed by atoms with Gasteiger partial charge in [0.2, 0.25) is 5.91 Å². The molecular formula is C17H27N3O2. The van der Waals surface area contributed by atoms with Crippen molar-refractivity contribution >= 4 is 5.91 Å². The Bertz CT molecular complexity index is 431. The van der Waals surface area contributed by atoms with Gasteiger partial charge in [0.05, 0.1) is 0 Å². The van der Waals surface area contributed by atoms with E-state index in [1.54, 1.807) is 0 Å². The Balaban J connectivity index is 1.59. The van der Waals surface area contributed by atoms with Crippen LogP contribution in [0.2, 0.25) is 0 Å². The molecular weight excluding hydrogens is 278 g/mol. The van der Waals surface area contributed by atoms with Crippen molar-refractivity contribution in [2.75, 3.05) is 52.9 Å². The molecule has 22 heavy (non-hydrogen) atoms. The number of carbonyl (C=O) groups is 1. The average molecular weight is 305 g/mol. The predicted octanol–water partition coefficient (Wildman–Crippen LogP) is 1.21. The van der Waals surface area contributed by atoms with Gasteiger partial charge in [-0.05, 0) is 32.1 Å². The maximum Gasteiger partial charge on any atom is 0.222 e. The minimum atomic E-state index is 0.287. The highest BCUT2D eigenvalue weighted by Gasteiger charge is 2.20. The molecule has 0 atom stereocenters. The molecule has 0 bridgehead atoms. The van der Waals surface area contributed by atoms with E-state index in [4.69, 9.17) is 4.74 Å². The van der Waals surface area contributed by atoms with Gasteiger partial charge in [-0.15, -0.1) is 0 Å². The molecule has 1 saturated heterocycles. The number of ether oxygens (including phenoxy) is 1. The maximum absolute atomic E-state index is 12.0. The molecule has 0 unspecified atom stereocenters. The van der Waals surface area contributed by atoms with Gasteiger partial charge in [-0.1, -0.05) is 18.2 Å². The molecule has 0 saturated carbocycles. The van der Waals surface area contributed by atoms with Crippen LogP contribution in [0, 0.1) is 0 Å². The van der Waals surface area contributed by atoms with E-state index in [1.165, 1.54) is 0 Å². The van der Waals surface area contributed by atoms with Gasteiger partial charge in [0.1, 0.15) is 12.4 Å². The summed E-state index contributed by atoms with van der Waals surface area (Å²) < 4.78 is 5.72. The van der Waals surface area contributed by atoms with Crippen LogP contribution in [0.1, 0.15) is 12.8 Å². The van der Waals surface area contributed by atoms with E-state index in [-0.39, 0.29) is 5.91 Å². The molecule has 1 aromatic carbocycles. The third-order valence-electron chi connectivity index (χ3n) is 3.96. The maximum atomic E-state index is 12.0. The number of carbonyl (C=O) groups excluding carboxylic acids is 1. The van der Waals surface area contributed by atoms with Crippen LogP contribution in [-0.4, -0.2) is 68.6 Å². The molecule has 1 heterocycles. The molecule has 1 aromatic rings. The lowest BCUT2D eigenvalue weighted by atomic mass is 10.2. The van der Waals surface area contributed by atoms with Crippen molar-refractivity contribution in [1.82, 2.24) is 15.1 Å². The molecule has 5 nitrogen and oxygen atoms in total. The largest absolute Gasteiger partial charge is 0.492 e. The van der Waals surface area contributed by atoms with E-state index in [2.05, 4.69) is 10.2 Å². The minimum absolute atomic E-state index is 0.287. The normalized spacial score (nSPS) is 15.8. The first kappa shape index (κ1) is 16.8. The molecule has 0 aliphatic carbocycles. The minimum Gasteiger partial charge on any atom is -0.492 e. The zero-order valence-electron chi connectivity index (χ0n) is 13.5. The predicted molar refractivity (Wildman–Crippen MR) is 88.1 cm³/mol. The number of nitrogens with zero attached hydrogens (tertiary/aromatic N) is 2. The van der Waals surface area contributed by atoms with Crippen LogP contribution in [0.15, 0.2) is 30.3 Å². The first-order valence-corrected chi connectivity index (χ1v) is 8.12. The van der Waals surface area contributed by atoms with Gasteiger partial charge in [-0.3, -0.25) is 9.69 Å². The third kappa shape index (κ3) is 5.66. The molecule has 1 aliphatic heterocycles. The lowest BCUT2D eigenvalue weighted by molar-refractivity contribution is -0.133. The van der Waals surface area contributed by atoms with Crippen molar-refractivity contribution in [2.24, 2.45) is 0 Å². The number of amides is 1. The summed E-state index contributed by atoms with van der Waals surface area (Å²) in [6.07, 6.45) is 1.57. The SMILES string of the molecule is CNCCCC(=O)N1CCN(CCOc2ccccc2)CC1. The standard InChI is InChI=1S/C17H27N3O2/c1-18-9-5-8-17(21)20-12-10-19(11-13-20)14-15-22-16-6-3-2-4-7-16/h2-4,6-7,18H,5,8-15H2,1H3. The Morgan fingerprint density at radius 2 is 1.91 bits per heavy atom. The number of piperazine rings is 1. The van der Waals surface area contributed by atoms with Crippen molar-refractivity contribution in [3.05, 3.63) is 30.3 Å². The molecule has 1 fully saturated rings. The van der Waals surface area contributed by atoms with E-state index < -0.39 is 0 Å². The summed E-state index contributed by atoms with van der Waals surface area (Å²) in [6.45, 7) is 6.07. The van der Waals surface area contributed by atoms with Gasteiger partial charge < -0.3 is 15.0 Å².